The second kappa shape index (κ2) is 7.10. The van der Waals surface area contributed by atoms with Gasteiger partial charge in [-0.15, -0.1) is 0 Å². The summed E-state index contributed by atoms with van der Waals surface area (Å²) in [6.07, 6.45) is 1.45. The molecule has 8 heteroatoms. The van der Waals surface area contributed by atoms with Gasteiger partial charge in [-0.05, 0) is 43.7 Å². The Morgan fingerprint density at radius 2 is 1.71 bits per heavy atom. The highest BCUT2D eigenvalue weighted by molar-refractivity contribution is 7.89. The third-order valence-electron chi connectivity index (χ3n) is 5.06. The van der Waals surface area contributed by atoms with Crippen LogP contribution in [-0.4, -0.2) is 48.9 Å². The van der Waals surface area contributed by atoms with E-state index >= 15 is 0 Å². The van der Waals surface area contributed by atoms with Crippen molar-refractivity contribution in [2.24, 2.45) is 0 Å². The summed E-state index contributed by atoms with van der Waals surface area (Å²) in [5.74, 6) is 0.285. The van der Waals surface area contributed by atoms with Crippen LogP contribution in [0, 0.1) is 19.7 Å². The fraction of sp³-hybridized carbons (Fsp3) is 0.300. The van der Waals surface area contributed by atoms with E-state index in [1.54, 1.807) is 12.1 Å². The topological polar surface area (TPSA) is 66.4 Å². The van der Waals surface area contributed by atoms with Crippen LogP contribution in [0.15, 0.2) is 47.6 Å². The number of hydrogen-bond donors (Lipinski definition) is 0. The van der Waals surface area contributed by atoms with Crippen LogP contribution in [0.5, 0.6) is 0 Å². The van der Waals surface area contributed by atoms with Crippen molar-refractivity contribution in [3.8, 4) is 0 Å². The Kier molecular flexibility index (Phi) is 4.76. The summed E-state index contributed by atoms with van der Waals surface area (Å²) in [6, 6.07) is 9.78. The first kappa shape index (κ1) is 18.8. The number of aryl methyl sites for hydroxylation is 2. The van der Waals surface area contributed by atoms with Crippen molar-refractivity contribution in [1.82, 2.24) is 14.3 Å². The summed E-state index contributed by atoms with van der Waals surface area (Å²) in [6.45, 7) is 5.40. The average Bonchev–Trinajstić information content (AvgIpc) is 2.67. The lowest BCUT2D eigenvalue weighted by Gasteiger charge is -2.35. The molecular formula is C20H21FN4O2S. The van der Waals surface area contributed by atoms with Crippen LogP contribution in [-0.2, 0) is 10.0 Å². The number of anilines is 1. The SMILES string of the molecule is Cc1ccc(S(=O)(=O)N2CCN(c3ncnc4ccc(F)cc34)CC2)c(C)c1. The molecule has 1 fully saturated rings. The number of benzene rings is 2. The molecule has 1 aliphatic heterocycles. The van der Waals surface area contributed by atoms with Crippen molar-refractivity contribution < 1.29 is 12.8 Å². The molecule has 0 spiro atoms. The van der Waals surface area contributed by atoms with Gasteiger partial charge in [0.2, 0.25) is 10.0 Å². The first-order valence-corrected chi connectivity index (χ1v) is 10.5. The van der Waals surface area contributed by atoms with Gasteiger partial charge in [-0.3, -0.25) is 0 Å². The van der Waals surface area contributed by atoms with E-state index < -0.39 is 10.0 Å². The quantitative estimate of drug-likeness (QED) is 0.676. The number of sulfonamides is 1. The van der Waals surface area contributed by atoms with Crippen LogP contribution in [0.4, 0.5) is 10.2 Å². The molecule has 2 heterocycles. The summed E-state index contributed by atoms with van der Waals surface area (Å²) < 4.78 is 41.3. The van der Waals surface area contributed by atoms with Crippen LogP contribution in [0.1, 0.15) is 11.1 Å². The number of aromatic nitrogens is 2. The molecule has 0 bridgehead atoms. The van der Waals surface area contributed by atoms with Crippen LogP contribution in [0.3, 0.4) is 0 Å². The van der Waals surface area contributed by atoms with Crippen molar-refractivity contribution >= 4 is 26.7 Å². The number of rotatable bonds is 3. The molecule has 0 aliphatic carbocycles. The van der Waals surface area contributed by atoms with Gasteiger partial charge in [0, 0.05) is 31.6 Å². The van der Waals surface area contributed by atoms with E-state index in [0.29, 0.717) is 47.8 Å². The summed E-state index contributed by atoms with van der Waals surface area (Å²) in [5.41, 5.74) is 2.44. The molecule has 2 aromatic carbocycles. The predicted octanol–water partition coefficient (Wildman–Crippen LogP) is 2.90. The molecular weight excluding hydrogens is 379 g/mol. The first-order valence-electron chi connectivity index (χ1n) is 9.09. The molecule has 0 saturated carbocycles. The van der Waals surface area contributed by atoms with Gasteiger partial charge in [-0.25, -0.2) is 22.8 Å². The summed E-state index contributed by atoms with van der Waals surface area (Å²) in [7, 11) is -3.55. The van der Waals surface area contributed by atoms with Crippen LogP contribution in [0.25, 0.3) is 10.9 Å². The Hall–Kier alpha value is -2.58. The fourth-order valence-corrected chi connectivity index (χ4v) is 5.26. The second-order valence-electron chi connectivity index (χ2n) is 7.02. The molecule has 146 valence electrons. The summed E-state index contributed by atoms with van der Waals surface area (Å²) in [5, 5.41) is 0.633. The van der Waals surface area contributed by atoms with Gasteiger partial charge >= 0.3 is 0 Å². The van der Waals surface area contributed by atoms with Crippen molar-refractivity contribution in [3.05, 3.63) is 59.7 Å². The third kappa shape index (κ3) is 3.33. The van der Waals surface area contributed by atoms with Crippen LogP contribution >= 0.6 is 0 Å². The molecule has 1 saturated heterocycles. The van der Waals surface area contributed by atoms with E-state index in [1.165, 1.54) is 22.8 Å². The largest absolute Gasteiger partial charge is 0.353 e. The van der Waals surface area contributed by atoms with E-state index in [1.807, 2.05) is 30.9 Å². The summed E-state index contributed by atoms with van der Waals surface area (Å²) >= 11 is 0. The number of hydrogen-bond acceptors (Lipinski definition) is 5. The van der Waals surface area contributed by atoms with E-state index in [4.69, 9.17) is 0 Å². The minimum absolute atomic E-state index is 0.344. The van der Waals surface area contributed by atoms with E-state index in [2.05, 4.69) is 9.97 Å². The molecule has 0 amide bonds. The number of fused-ring (bicyclic) bond motifs is 1. The Labute approximate surface area is 163 Å². The molecule has 0 atom stereocenters. The van der Waals surface area contributed by atoms with Gasteiger partial charge in [0.1, 0.15) is 18.0 Å². The van der Waals surface area contributed by atoms with Crippen molar-refractivity contribution in [2.45, 2.75) is 18.7 Å². The minimum atomic E-state index is -3.55. The summed E-state index contributed by atoms with van der Waals surface area (Å²) in [4.78, 5) is 10.8. The molecule has 1 aromatic heterocycles. The van der Waals surface area contributed by atoms with Crippen molar-refractivity contribution in [2.75, 3.05) is 31.1 Å². The number of nitrogens with zero attached hydrogens (tertiary/aromatic N) is 4. The molecule has 28 heavy (non-hydrogen) atoms. The smallest absolute Gasteiger partial charge is 0.243 e. The fourth-order valence-electron chi connectivity index (χ4n) is 3.64. The predicted molar refractivity (Wildman–Crippen MR) is 106 cm³/mol. The van der Waals surface area contributed by atoms with E-state index in [0.717, 1.165) is 11.1 Å². The van der Waals surface area contributed by atoms with Gasteiger partial charge in [0.05, 0.1) is 10.4 Å². The maximum Gasteiger partial charge on any atom is 0.243 e. The average molecular weight is 400 g/mol. The van der Waals surface area contributed by atoms with Crippen molar-refractivity contribution in [3.63, 3.8) is 0 Å². The van der Waals surface area contributed by atoms with E-state index in [9.17, 15) is 12.8 Å². The Balaban J connectivity index is 1.58. The number of halogens is 1. The Morgan fingerprint density at radius 3 is 2.43 bits per heavy atom. The third-order valence-corrected chi connectivity index (χ3v) is 7.12. The molecule has 0 radical (unpaired) electrons. The van der Waals surface area contributed by atoms with Gasteiger partial charge < -0.3 is 4.90 Å². The zero-order chi connectivity index (χ0) is 19.9. The molecule has 1 aliphatic rings. The van der Waals surface area contributed by atoms with Gasteiger partial charge in [0.15, 0.2) is 0 Å². The highest BCUT2D eigenvalue weighted by Crippen LogP contribution is 2.27. The lowest BCUT2D eigenvalue weighted by molar-refractivity contribution is 0.384. The molecule has 0 N–H and O–H groups in total. The standard InChI is InChI=1S/C20H21FN4O2S/c1-14-3-6-19(15(2)11-14)28(26,27)25-9-7-24(8-10-25)20-17-12-16(21)4-5-18(17)22-13-23-20/h3-6,11-13H,7-10H2,1-2H3. The maximum absolute atomic E-state index is 13.7. The van der Waals surface area contributed by atoms with Gasteiger partial charge in [-0.1, -0.05) is 17.7 Å². The Bertz CT molecular complexity index is 1140. The molecule has 3 aromatic rings. The number of piperazine rings is 1. The highest BCUT2D eigenvalue weighted by Gasteiger charge is 2.30. The van der Waals surface area contributed by atoms with Gasteiger partial charge in [0.25, 0.3) is 0 Å². The normalized spacial score (nSPS) is 15.9. The van der Waals surface area contributed by atoms with Crippen LogP contribution in [0.2, 0.25) is 0 Å². The minimum Gasteiger partial charge on any atom is -0.353 e. The highest BCUT2D eigenvalue weighted by atomic mass is 32.2. The Morgan fingerprint density at radius 1 is 0.964 bits per heavy atom. The second-order valence-corrected chi connectivity index (χ2v) is 8.93. The maximum atomic E-state index is 13.7. The van der Waals surface area contributed by atoms with Crippen LogP contribution < -0.4 is 4.90 Å². The van der Waals surface area contributed by atoms with Crippen molar-refractivity contribution in [1.29, 1.82) is 0 Å². The zero-order valence-electron chi connectivity index (χ0n) is 15.8. The molecule has 0 unspecified atom stereocenters. The van der Waals surface area contributed by atoms with E-state index in [-0.39, 0.29) is 5.82 Å². The lowest BCUT2D eigenvalue weighted by Crippen LogP contribution is -2.49. The first-order chi connectivity index (χ1) is 13.4. The monoisotopic (exact) mass is 400 g/mol. The molecule has 6 nitrogen and oxygen atoms in total. The zero-order valence-corrected chi connectivity index (χ0v) is 16.6. The molecule has 4 rings (SSSR count). The van der Waals surface area contributed by atoms with Gasteiger partial charge in [-0.2, -0.15) is 4.31 Å². The lowest BCUT2D eigenvalue weighted by atomic mass is 10.2.